The Morgan fingerprint density at radius 3 is 2.55 bits per heavy atom. The number of halogens is 1. The molecule has 0 aromatic heterocycles. The molecular weight excluding hydrogens is 274 g/mol. The Labute approximate surface area is 122 Å². The summed E-state index contributed by atoms with van der Waals surface area (Å²) in [5, 5.41) is 3.33. The van der Waals surface area contributed by atoms with Crippen molar-refractivity contribution >= 4 is 17.7 Å². The second-order valence-electron chi connectivity index (χ2n) is 4.82. The van der Waals surface area contributed by atoms with Crippen molar-refractivity contribution in [1.82, 2.24) is 5.32 Å². The number of hydrogen-bond donors (Lipinski definition) is 1. The van der Waals surface area contributed by atoms with Gasteiger partial charge in [0.15, 0.2) is 0 Å². The molecule has 1 aliphatic rings. The van der Waals surface area contributed by atoms with Crippen molar-refractivity contribution in [3.8, 4) is 16.9 Å². The maximum atomic E-state index is 11.6. The van der Waals surface area contributed by atoms with E-state index in [4.69, 9.17) is 16.3 Å². The first kappa shape index (κ1) is 13.0. The molecule has 3 rings (SSSR count). The third-order valence-corrected chi connectivity index (χ3v) is 3.45. The third kappa shape index (κ3) is 3.11. The molecule has 1 amide bonds. The lowest BCUT2D eigenvalue weighted by Crippen LogP contribution is -2.28. The highest BCUT2D eigenvalue weighted by Crippen LogP contribution is 2.31. The van der Waals surface area contributed by atoms with Crippen LogP contribution in [-0.4, -0.2) is 12.1 Å². The molecule has 0 spiro atoms. The van der Waals surface area contributed by atoms with Gasteiger partial charge in [0.1, 0.15) is 5.75 Å². The fourth-order valence-electron chi connectivity index (χ4n) is 1.94. The quantitative estimate of drug-likeness (QED) is 0.916. The summed E-state index contributed by atoms with van der Waals surface area (Å²) in [6.07, 6.45) is 1.64. The highest BCUT2D eigenvalue weighted by Gasteiger charge is 2.24. The van der Waals surface area contributed by atoms with E-state index in [9.17, 15) is 4.79 Å². The molecule has 1 saturated carbocycles. The molecule has 1 aliphatic carbocycles. The van der Waals surface area contributed by atoms with Gasteiger partial charge in [0.05, 0.1) is 5.02 Å². The molecule has 4 heteroatoms. The van der Waals surface area contributed by atoms with E-state index in [1.165, 1.54) is 0 Å². The van der Waals surface area contributed by atoms with Gasteiger partial charge in [0.2, 0.25) is 0 Å². The maximum Gasteiger partial charge on any atom is 0.412 e. The van der Waals surface area contributed by atoms with Crippen molar-refractivity contribution in [1.29, 1.82) is 0 Å². The molecular formula is C16H14ClNO2. The van der Waals surface area contributed by atoms with Crippen LogP contribution in [-0.2, 0) is 0 Å². The lowest BCUT2D eigenvalue weighted by Gasteiger charge is -2.08. The Kier molecular flexibility index (Phi) is 3.61. The van der Waals surface area contributed by atoms with Crippen LogP contribution in [0.5, 0.6) is 5.75 Å². The normalized spacial score (nSPS) is 13.8. The molecule has 2 aromatic rings. The summed E-state index contributed by atoms with van der Waals surface area (Å²) < 4.78 is 5.20. The van der Waals surface area contributed by atoms with Crippen LogP contribution in [0.4, 0.5) is 4.79 Å². The fraction of sp³-hybridized carbons (Fsp3) is 0.188. The molecule has 1 N–H and O–H groups in total. The standard InChI is InChI=1S/C16H14ClNO2/c17-15-10-13(20-16(19)18-12-6-7-12)8-9-14(15)11-4-2-1-3-5-11/h1-5,8-10,12H,6-7H2,(H,18,19). The highest BCUT2D eigenvalue weighted by atomic mass is 35.5. The van der Waals surface area contributed by atoms with Crippen molar-refractivity contribution in [2.75, 3.05) is 0 Å². The van der Waals surface area contributed by atoms with E-state index >= 15 is 0 Å². The number of benzene rings is 2. The maximum absolute atomic E-state index is 11.6. The first-order valence-electron chi connectivity index (χ1n) is 6.56. The van der Waals surface area contributed by atoms with Gasteiger partial charge in [0.25, 0.3) is 0 Å². The molecule has 0 aliphatic heterocycles. The molecule has 1 fully saturated rings. The lowest BCUT2D eigenvalue weighted by atomic mass is 10.1. The number of rotatable bonds is 3. The Hall–Kier alpha value is -2.00. The SMILES string of the molecule is O=C(NC1CC1)Oc1ccc(-c2ccccc2)c(Cl)c1. The average Bonchev–Trinajstić information content (AvgIpc) is 3.23. The van der Waals surface area contributed by atoms with E-state index in [-0.39, 0.29) is 6.04 Å². The summed E-state index contributed by atoms with van der Waals surface area (Å²) in [6, 6.07) is 15.4. The molecule has 0 bridgehead atoms. The predicted molar refractivity (Wildman–Crippen MR) is 79.1 cm³/mol. The number of ether oxygens (including phenoxy) is 1. The van der Waals surface area contributed by atoms with Crippen LogP contribution in [0.2, 0.25) is 5.02 Å². The van der Waals surface area contributed by atoms with E-state index in [1.807, 2.05) is 36.4 Å². The second kappa shape index (κ2) is 5.55. The van der Waals surface area contributed by atoms with Crippen molar-refractivity contribution in [3.05, 3.63) is 53.6 Å². The fourth-order valence-corrected chi connectivity index (χ4v) is 2.22. The van der Waals surface area contributed by atoms with Gasteiger partial charge < -0.3 is 10.1 Å². The van der Waals surface area contributed by atoms with Gasteiger partial charge in [-0.3, -0.25) is 0 Å². The second-order valence-corrected chi connectivity index (χ2v) is 5.22. The van der Waals surface area contributed by atoms with Crippen LogP contribution >= 0.6 is 11.6 Å². The summed E-state index contributed by atoms with van der Waals surface area (Å²) in [4.78, 5) is 11.6. The number of amides is 1. The largest absolute Gasteiger partial charge is 0.412 e. The van der Waals surface area contributed by atoms with Gasteiger partial charge in [-0.25, -0.2) is 4.79 Å². The first-order chi connectivity index (χ1) is 9.72. The Morgan fingerprint density at radius 2 is 1.90 bits per heavy atom. The number of nitrogens with one attached hydrogen (secondary N) is 1. The van der Waals surface area contributed by atoms with Gasteiger partial charge in [-0.1, -0.05) is 41.9 Å². The van der Waals surface area contributed by atoms with E-state index in [0.29, 0.717) is 10.8 Å². The van der Waals surface area contributed by atoms with Gasteiger partial charge in [-0.05, 0) is 30.5 Å². The molecule has 0 unspecified atom stereocenters. The van der Waals surface area contributed by atoms with E-state index in [0.717, 1.165) is 24.0 Å². The predicted octanol–water partition coefficient (Wildman–Crippen LogP) is 4.26. The van der Waals surface area contributed by atoms with Gasteiger partial charge in [0, 0.05) is 17.7 Å². The minimum Gasteiger partial charge on any atom is -0.410 e. The summed E-state index contributed by atoms with van der Waals surface area (Å²) in [6.45, 7) is 0. The molecule has 102 valence electrons. The third-order valence-electron chi connectivity index (χ3n) is 3.14. The van der Waals surface area contributed by atoms with Crippen LogP contribution in [0.25, 0.3) is 11.1 Å². The molecule has 0 heterocycles. The first-order valence-corrected chi connectivity index (χ1v) is 6.93. The number of carbonyl (C=O) groups is 1. The average molecular weight is 288 g/mol. The molecule has 3 nitrogen and oxygen atoms in total. The van der Waals surface area contributed by atoms with E-state index in [1.54, 1.807) is 12.1 Å². The van der Waals surface area contributed by atoms with Gasteiger partial charge in [-0.15, -0.1) is 0 Å². The molecule has 0 radical (unpaired) electrons. The monoisotopic (exact) mass is 287 g/mol. The van der Waals surface area contributed by atoms with E-state index in [2.05, 4.69) is 5.32 Å². The molecule has 0 saturated heterocycles. The zero-order chi connectivity index (χ0) is 13.9. The summed E-state index contributed by atoms with van der Waals surface area (Å²) in [5.74, 6) is 0.452. The Morgan fingerprint density at radius 1 is 1.15 bits per heavy atom. The van der Waals surface area contributed by atoms with Crippen molar-refractivity contribution in [2.45, 2.75) is 18.9 Å². The van der Waals surface area contributed by atoms with Crippen molar-refractivity contribution < 1.29 is 9.53 Å². The summed E-state index contributed by atoms with van der Waals surface area (Å²) in [5.41, 5.74) is 1.95. The van der Waals surface area contributed by atoms with Crippen LogP contribution in [0.3, 0.4) is 0 Å². The zero-order valence-electron chi connectivity index (χ0n) is 10.8. The van der Waals surface area contributed by atoms with Crippen molar-refractivity contribution in [3.63, 3.8) is 0 Å². The highest BCUT2D eigenvalue weighted by molar-refractivity contribution is 6.33. The number of hydrogen-bond acceptors (Lipinski definition) is 2. The van der Waals surface area contributed by atoms with Crippen molar-refractivity contribution in [2.24, 2.45) is 0 Å². The summed E-state index contributed by atoms with van der Waals surface area (Å²) >= 11 is 6.25. The minimum atomic E-state index is -0.420. The number of carbonyl (C=O) groups excluding carboxylic acids is 1. The Bertz CT molecular complexity index is 624. The molecule has 0 atom stereocenters. The van der Waals surface area contributed by atoms with Crippen LogP contribution in [0, 0.1) is 0 Å². The van der Waals surface area contributed by atoms with Gasteiger partial charge in [-0.2, -0.15) is 0 Å². The lowest BCUT2D eigenvalue weighted by molar-refractivity contribution is 0.200. The summed E-state index contributed by atoms with van der Waals surface area (Å²) in [7, 11) is 0. The topological polar surface area (TPSA) is 38.3 Å². The van der Waals surface area contributed by atoms with Gasteiger partial charge >= 0.3 is 6.09 Å². The minimum absolute atomic E-state index is 0.279. The molecule has 2 aromatic carbocycles. The molecule has 20 heavy (non-hydrogen) atoms. The van der Waals surface area contributed by atoms with Crippen LogP contribution in [0.15, 0.2) is 48.5 Å². The van der Waals surface area contributed by atoms with Crippen LogP contribution < -0.4 is 10.1 Å². The van der Waals surface area contributed by atoms with E-state index < -0.39 is 6.09 Å². The Balaban J connectivity index is 1.75. The van der Waals surface area contributed by atoms with Crippen LogP contribution in [0.1, 0.15) is 12.8 Å². The zero-order valence-corrected chi connectivity index (χ0v) is 11.6. The smallest absolute Gasteiger partial charge is 0.410 e.